The van der Waals surface area contributed by atoms with Crippen molar-refractivity contribution in [3.05, 3.63) is 59.2 Å². The lowest BCUT2D eigenvalue weighted by Crippen LogP contribution is -2.07. The van der Waals surface area contributed by atoms with E-state index in [4.69, 9.17) is 16.1 Å². The number of anilines is 5. The van der Waals surface area contributed by atoms with Gasteiger partial charge in [0.1, 0.15) is 10.8 Å². The van der Waals surface area contributed by atoms with Crippen molar-refractivity contribution in [1.82, 2.24) is 9.97 Å². The number of aromatic nitrogens is 2. The van der Waals surface area contributed by atoms with Crippen LogP contribution in [0.25, 0.3) is 0 Å². The molecule has 1 amide bonds. The van der Waals surface area contributed by atoms with Crippen molar-refractivity contribution < 1.29 is 13.9 Å². The molecule has 0 radical (unpaired) electrons. The fourth-order valence-electron chi connectivity index (χ4n) is 2.69. The van der Waals surface area contributed by atoms with Gasteiger partial charge >= 0.3 is 0 Å². The number of nitrogens with zero attached hydrogens (tertiary/aromatic N) is 2. The number of aryl methyl sites for hydroxylation is 1. The highest BCUT2D eigenvalue weighted by molar-refractivity contribution is 7.57. The predicted molar refractivity (Wildman–Crippen MR) is 126 cm³/mol. The Morgan fingerprint density at radius 1 is 1.10 bits per heavy atom. The Balaban J connectivity index is 1.87. The van der Waals surface area contributed by atoms with Crippen LogP contribution >= 0.6 is 19.0 Å². The standard InChI is InChI=1S/C21H23ClN5O3P/c1-13-9-10-15(24-14(2)28)11-18(13)26-21-23-12-16(22)20(27-21)25-17-7-5-6-8-19(17)30-31(3,4)29/h5-12H,1-4H3,(H,24,28)(H2,23,25,26,27). The highest BCUT2D eigenvalue weighted by atomic mass is 35.5. The monoisotopic (exact) mass is 459 g/mol. The average molecular weight is 460 g/mol. The summed E-state index contributed by atoms with van der Waals surface area (Å²) in [4.78, 5) is 20.0. The van der Waals surface area contributed by atoms with Crippen molar-refractivity contribution in [2.24, 2.45) is 0 Å². The Morgan fingerprint density at radius 2 is 1.84 bits per heavy atom. The number of nitrogens with one attached hydrogen (secondary N) is 3. The van der Waals surface area contributed by atoms with Crippen LogP contribution in [0, 0.1) is 6.92 Å². The topological polar surface area (TPSA) is 105 Å². The van der Waals surface area contributed by atoms with E-state index in [0.29, 0.717) is 33.9 Å². The van der Waals surface area contributed by atoms with Crippen LogP contribution < -0.4 is 20.5 Å². The van der Waals surface area contributed by atoms with Gasteiger partial charge in [-0.3, -0.25) is 9.36 Å². The van der Waals surface area contributed by atoms with Crippen molar-refractivity contribution in [3.8, 4) is 5.75 Å². The second kappa shape index (κ2) is 9.37. The molecular weight excluding hydrogens is 437 g/mol. The molecule has 0 aliphatic heterocycles. The molecule has 0 saturated carbocycles. The quantitative estimate of drug-likeness (QED) is 0.383. The van der Waals surface area contributed by atoms with E-state index in [1.807, 2.05) is 25.1 Å². The number of hydrogen-bond acceptors (Lipinski definition) is 7. The maximum Gasteiger partial charge on any atom is 0.242 e. The predicted octanol–water partition coefficient (Wildman–Crippen LogP) is 5.80. The molecule has 0 atom stereocenters. The van der Waals surface area contributed by atoms with Crippen LogP contribution in [-0.2, 0) is 9.36 Å². The van der Waals surface area contributed by atoms with Crippen LogP contribution in [0.4, 0.5) is 28.8 Å². The second-order valence-corrected chi connectivity index (χ2v) is 10.3. The lowest BCUT2D eigenvalue weighted by atomic mass is 10.2. The number of para-hydroxylation sites is 2. The molecule has 10 heteroatoms. The van der Waals surface area contributed by atoms with E-state index >= 15 is 0 Å². The SMILES string of the molecule is CC(=O)Nc1ccc(C)c(Nc2ncc(Cl)c(Nc3ccccc3OP(C)(C)=O)n2)c1. The number of halogens is 1. The van der Waals surface area contributed by atoms with Crippen LogP contribution in [0.1, 0.15) is 12.5 Å². The number of hydrogen-bond donors (Lipinski definition) is 3. The molecule has 31 heavy (non-hydrogen) atoms. The summed E-state index contributed by atoms with van der Waals surface area (Å²) in [6.45, 7) is 6.46. The van der Waals surface area contributed by atoms with Crippen molar-refractivity contribution >= 4 is 53.7 Å². The van der Waals surface area contributed by atoms with Gasteiger partial charge < -0.3 is 20.5 Å². The smallest absolute Gasteiger partial charge is 0.242 e. The summed E-state index contributed by atoms with van der Waals surface area (Å²) in [5.74, 6) is 0.936. The normalized spacial score (nSPS) is 11.0. The molecule has 0 fully saturated rings. The fourth-order valence-corrected chi connectivity index (χ4v) is 3.46. The van der Waals surface area contributed by atoms with E-state index in [1.54, 1.807) is 37.6 Å². The summed E-state index contributed by atoms with van der Waals surface area (Å²) < 4.78 is 17.7. The van der Waals surface area contributed by atoms with Gasteiger partial charge in [0.25, 0.3) is 0 Å². The van der Waals surface area contributed by atoms with E-state index in [-0.39, 0.29) is 5.91 Å². The molecule has 162 valence electrons. The number of carbonyl (C=O) groups excluding carboxylic acids is 1. The highest BCUT2D eigenvalue weighted by Crippen LogP contribution is 2.42. The minimum absolute atomic E-state index is 0.159. The van der Waals surface area contributed by atoms with E-state index in [2.05, 4.69) is 25.9 Å². The minimum Gasteiger partial charge on any atom is -0.441 e. The molecule has 3 rings (SSSR count). The van der Waals surface area contributed by atoms with E-state index in [0.717, 1.165) is 11.3 Å². The van der Waals surface area contributed by atoms with Crippen LogP contribution in [0.5, 0.6) is 5.75 Å². The zero-order valence-electron chi connectivity index (χ0n) is 17.6. The van der Waals surface area contributed by atoms with Crippen LogP contribution in [0.2, 0.25) is 5.02 Å². The van der Waals surface area contributed by atoms with Crippen molar-refractivity contribution in [3.63, 3.8) is 0 Å². The third kappa shape index (κ3) is 6.44. The first-order valence-electron chi connectivity index (χ1n) is 9.39. The summed E-state index contributed by atoms with van der Waals surface area (Å²) in [6.07, 6.45) is 1.47. The Morgan fingerprint density at radius 3 is 2.55 bits per heavy atom. The Labute approximate surface area is 185 Å². The number of benzene rings is 2. The first-order valence-corrected chi connectivity index (χ1v) is 12.3. The van der Waals surface area contributed by atoms with Gasteiger partial charge in [-0.25, -0.2) is 4.98 Å². The zero-order valence-corrected chi connectivity index (χ0v) is 19.2. The molecule has 2 aromatic carbocycles. The maximum absolute atomic E-state index is 12.1. The van der Waals surface area contributed by atoms with Crippen LogP contribution in [-0.4, -0.2) is 29.2 Å². The number of amides is 1. The first kappa shape index (κ1) is 22.6. The van der Waals surface area contributed by atoms with Gasteiger partial charge in [0.2, 0.25) is 19.2 Å². The van der Waals surface area contributed by atoms with Gasteiger partial charge in [-0.1, -0.05) is 29.8 Å². The average Bonchev–Trinajstić information content (AvgIpc) is 2.67. The van der Waals surface area contributed by atoms with E-state index in [1.165, 1.54) is 13.1 Å². The van der Waals surface area contributed by atoms with Crippen molar-refractivity contribution in [2.45, 2.75) is 13.8 Å². The molecule has 0 aliphatic rings. The Kier molecular flexibility index (Phi) is 6.83. The molecular formula is C21H23ClN5O3P. The molecule has 0 spiro atoms. The van der Waals surface area contributed by atoms with E-state index in [9.17, 15) is 9.36 Å². The number of rotatable bonds is 7. The zero-order chi connectivity index (χ0) is 22.6. The second-order valence-electron chi connectivity index (χ2n) is 7.19. The lowest BCUT2D eigenvalue weighted by molar-refractivity contribution is -0.114. The van der Waals surface area contributed by atoms with Crippen LogP contribution in [0.3, 0.4) is 0 Å². The molecule has 0 saturated heterocycles. The van der Waals surface area contributed by atoms with Gasteiger partial charge in [-0.15, -0.1) is 0 Å². The Hall–Kier alpha value is -3.09. The van der Waals surface area contributed by atoms with Crippen LogP contribution in [0.15, 0.2) is 48.7 Å². The Bertz CT molecular complexity index is 1170. The maximum atomic E-state index is 12.1. The first-order chi connectivity index (χ1) is 14.6. The molecule has 3 aromatic rings. The molecule has 0 unspecified atom stereocenters. The third-order valence-electron chi connectivity index (χ3n) is 4.01. The summed E-state index contributed by atoms with van der Waals surface area (Å²) >= 11 is 6.29. The molecule has 1 aromatic heterocycles. The van der Waals surface area contributed by atoms with Gasteiger partial charge in [0.15, 0.2) is 5.82 Å². The summed E-state index contributed by atoms with van der Waals surface area (Å²) in [5.41, 5.74) is 2.91. The highest BCUT2D eigenvalue weighted by Gasteiger charge is 2.14. The van der Waals surface area contributed by atoms with Gasteiger partial charge in [0, 0.05) is 31.6 Å². The molecule has 0 aliphatic carbocycles. The van der Waals surface area contributed by atoms with Crippen molar-refractivity contribution in [1.29, 1.82) is 0 Å². The molecule has 0 bridgehead atoms. The minimum atomic E-state index is -2.76. The van der Waals surface area contributed by atoms with Gasteiger partial charge in [-0.05, 0) is 36.8 Å². The number of carbonyl (C=O) groups is 1. The van der Waals surface area contributed by atoms with Gasteiger partial charge in [-0.2, -0.15) is 4.98 Å². The summed E-state index contributed by atoms with van der Waals surface area (Å²) in [5, 5.41) is 9.31. The third-order valence-corrected chi connectivity index (χ3v) is 4.92. The molecule has 3 N–H and O–H groups in total. The van der Waals surface area contributed by atoms with E-state index < -0.39 is 7.37 Å². The summed E-state index contributed by atoms with van der Waals surface area (Å²) in [7, 11) is -2.76. The van der Waals surface area contributed by atoms with Crippen molar-refractivity contribution in [2.75, 3.05) is 29.3 Å². The molecule has 8 nitrogen and oxygen atoms in total. The lowest BCUT2D eigenvalue weighted by Gasteiger charge is -2.16. The van der Waals surface area contributed by atoms with Gasteiger partial charge in [0.05, 0.1) is 11.9 Å². The molecule has 1 heterocycles. The fraction of sp³-hybridized carbons (Fsp3) is 0.190. The largest absolute Gasteiger partial charge is 0.441 e. The summed E-state index contributed by atoms with van der Waals surface area (Å²) in [6, 6.07) is 12.6.